The van der Waals surface area contributed by atoms with Crippen molar-refractivity contribution in [2.75, 3.05) is 13.1 Å². The molecule has 1 atom stereocenters. The zero-order valence-electron chi connectivity index (χ0n) is 11.7. The number of fused-ring (bicyclic) bond motifs is 1. The summed E-state index contributed by atoms with van der Waals surface area (Å²) < 4.78 is 6.15. The summed E-state index contributed by atoms with van der Waals surface area (Å²) in [6.45, 7) is 6.15. The highest BCUT2D eigenvalue weighted by Crippen LogP contribution is 2.24. The molecule has 1 heterocycles. The van der Waals surface area contributed by atoms with Crippen LogP contribution in [0.4, 0.5) is 0 Å². The zero-order valence-corrected chi connectivity index (χ0v) is 11.7. The smallest absolute Gasteiger partial charge is 0.146 e. The van der Waals surface area contributed by atoms with Gasteiger partial charge in [-0.1, -0.05) is 38.5 Å². The second-order valence-electron chi connectivity index (χ2n) is 4.67. The molecule has 102 valence electrons. The molecule has 19 heavy (non-hydrogen) atoms. The normalized spacial score (nSPS) is 12.5. The molecule has 0 aliphatic heterocycles. The zero-order chi connectivity index (χ0) is 13.5. The maximum absolute atomic E-state index is 6.15. The van der Waals surface area contributed by atoms with E-state index in [2.05, 4.69) is 36.3 Å². The van der Waals surface area contributed by atoms with E-state index in [4.69, 9.17) is 4.74 Å². The van der Waals surface area contributed by atoms with Gasteiger partial charge < -0.3 is 10.1 Å². The van der Waals surface area contributed by atoms with Gasteiger partial charge in [0.1, 0.15) is 17.4 Å². The first-order valence-electron chi connectivity index (χ1n) is 7.06. The van der Waals surface area contributed by atoms with Gasteiger partial charge in [0.05, 0.1) is 0 Å². The van der Waals surface area contributed by atoms with Crippen LogP contribution in [-0.4, -0.2) is 24.2 Å². The van der Waals surface area contributed by atoms with E-state index in [1.807, 2.05) is 24.4 Å². The molecule has 0 amide bonds. The molecule has 2 aromatic rings. The molecule has 0 aliphatic rings. The minimum absolute atomic E-state index is 0.206. The fraction of sp³-hybridized carbons (Fsp3) is 0.438. The highest BCUT2D eigenvalue weighted by Gasteiger charge is 2.11. The van der Waals surface area contributed by atoms with Gasteiger partial charge >= 0.3 is 0 Å². The number of hydrogen-bond donors (Lipinski definition) is 1. The molecule has 1 N–H and O–H groups in total. The summed E-state index contributed by atoms with van der Waals surface area (Å²) in [7, 11) is 0. The van der Waals surface area contributed by atoms with E-state index in [9.17, 15) is 0 Å². The van der Waals surface area contributed by atoms with Crippen molar-refractivity contribution in [3.05, 3.63) is 36.5 Å². The Balaban J connectivity index is 2.18. The van der Waals surface area contributed by atoms with E-state index in [-0.39, 0.29) is 6.10 Å². The van der Waals surface area contributed by atoms with Crippen LogP contribution in [0.15, 0.2) is 36.5 Å². The van der Waals surface area contributed by atoms with Gasteiger partial charge in [0.2, 0.25) is 0 Å². The van der Waals surface area contributed by atoms with Gasteiger partial charge in [-0.25, -0.2) is 0 Å². The Morgan fingerprint density at radius 2 is 2.05 bits per heavy atom. The van der Waals surface area contributed by atoms with Crippen LogP contribution < -0.4 is 10.1 Å². The molecular weight excluding hydrogens is 236 g/mol. The number of ether oxygens (including phenoxy) is 1. The predicted octanol–water partition coefficient (Wildman–Crippen LogP) is 3.39. The molecule has 0 spiro atoms. The maximum atomic E-state index is 6.15. The van der Waals surface area contributed by atoms with Crippen molar-refractivity contribution in [3.8, 4) is 5.75 Å². The molecule has 1 aromatic carbocycles. The standard InChI is InChI=1S/C16H22N2O/c1-3-7-14(12-17-4-2)19-15-10-5-8-13-9-6-11-18-16(13)15/h5-6,8-11,14,17H,3-4,7,12H2,1-2H3. The van der Waals surface area contributed by atoms with Crippen molar-refractivity contribution in [1.82, 2.24) is 10.3 Å². The average Bonchev–Trinajstić information content (AvgIpc) is 2.45. The third kappa shape index (κ3) is 3.67. The Morgan fingerprint density at radius 3 is 2.84 bits per heavy atom. The van der Waals surface area contributed by atoms with Gasteiger partial charge in [-0.05, 0) is 25.1 Å². The van der Waals surface area contributed by atoms with Crippen LogP contribution >= 0.6 is 0 Å². The van der Waals surface area contributed by atoms with Crippen molar-refractivity contribution in [2.24, 2.45) is 0 Å². The summed E-state index contributed by atoms with van der Waals surface area (Å²) in [6.07, 6.45) is 4.19. The third-order valence-electron chi connectivity index (χ3n) is 3.12. The molecular formula is C16H22N2O. The van der Waals surface area contributed by atoms with Crippen molar-refractivity contribution in [2.45, 2.75) is 32.8 Å². The predicted molar refractivity (Wildman–Crippen MR) is 79.6 cm³/mol. The topological polar surface area (TPSA) is 34.1 Å². The minimum atomic E-state index is 0.206. The van der Waals surface area contributed by atoms with Crippen molar-refractivity contribution < 1.29 is 4.74 Å². The van der Waals surface area contributed by atoms with Crippen molar-refractivity contribution in [1.29, 1.82) is 0 Å². The fourth-order valence-electron chi connectivity index (χ4n) is 2.18. The molecule has 0 saturated carbocycles. The van der Waals surface area contributed by atoms with Gasteiger partial charge in [0.15, 0.2) is 0 Å². The van der Waals surface area contributed by atoms with Crippen LogP contribution in [0.3, 0.4) is 0 Å². The molecule has 3 heteroatoms. The fourth-order valence-corrected chi connectivity index (χ4v) is 2.18. The molecule has 1 aromatic heterocycles. The molecule has 0 radical (unpaired) electrons. The average molecular weight is 258 g/mol. The number of benzene rings is 1. The number of nitrogens with zero attached hydrogens (tertiary/aromatic N) is 1. The first-order chi connectivity index (χ1) is 9.35. The van der Waals surface area contributed by atoms with Crippen molar-refractivity contribution >= 4 is 10.9 Å². The van der Waals surface area contributed by atoms with Gasteiger partial charge in [-0.2, -0.15) is 0 Å². The Bertz CT molecular complexity index is 508. The number of rotatable bonds is 7. The van der Waals surface area contributed by atoms with Crippen LogP contribution in [0.25, 0.3) is 10.9 Å². The first kappa shape index (κ1) is 13.8. The van der Waals surface area contributed by atoms with Gasteiger partial charge in [0.25, 0.3) is 0 Å². The number of likely N-dealkylation sites (N-methyl/N-ethyl adjacent to an activating group) is 1. The van der Waals surface area contributed by atoms with Gasteiger partial charge in [-0.3, -0.25) is 4.98 Å². The van der Waals surface area contributed by atoms with Crippen LogP contribution in [0, 0.1) is 0 Å². The lowest BCUT2D eigenvalue weighted by Gasteiger charge is -2.19. The van der Waals surface area contributed by atoms with Crippen LogP contribution in [-0.2, 0) is 0 Å². The minimum Gasteiger partial charge on any atom is -0.487 e. The van der Waals surface area contributed by atoms with Crippen LogP contribution in [0.5, 0.6) is 5.75 Å². The van der Waals surface area contributed by atoms with Gasteiger partial charge in [0, 0.05) is 18.1 Å². The van der Waals surface area contributed by atoms with Crippen molar-refractivity contribution in [3.63, 3.8) is 0 Å². The van der Waals surface area contributed by atoms with E-state index in [0.29, 0.717) is 0 Å². The van der Waals surface area contributed by atoms with Crippen LogP contribution in [0.1, 0.15) is 26.7 Å². The third-order valence-corrected chi connectivity index (χ3v) is 3.12. The Hall–Kier alpha value is -1.61. The lowest BCUT2D eigenvalue weighted by Crippen LogP contribution is -2.31. The quantitative estimate of drug-likeness (QED) is 0.826. The second-order valence-corrected chi connectivity index (χ2v) is 4.67. The van der Waals surface area contributed by atoms with E-state index >= 15 is 0 Å². The molecule has 0 aliphatic carbocycles. The molecule has 0 fully saturated rings. The Kier molecular flexibility index (Phi) is 5.16. The monoisotopic (exact) mass is 258 g/mol. The number of aromatic nitrogens is 1. The second kappa shape index (κ2) is 7.10. The van der Waals surface area contributed by atoms with Gasteiger partial charge in [-0.15, -0.1) is 0 Å². The number of pyridine rings is 1. The lowest BCUT2D eigenvalue weighted by molar-refractivity contribution is 0.189. The van der Waals surface area contributed by atoms with E-state index in [1.165, 1.54) is 0 Å². The van der Waals surface area contributed by atoms with E-state index in [0.717, 1.165) is 42.6 Å². The number of para-hydroxylation sites is 1. The summed E-state index contributed by atoms with van der Waals surface area (Å²) in [5, 5.41) is 4.48. The van der Waals surface area contributed by atoms with E-state index in [1.54, 1.807) is 0 Å². The molecule has 2 rings (SSSR count). The highest BCUT2D eigenvalue weighted by molar-refractivity contribution is 5.84. The van der Waals surface area contributed by atoms with E-state index < -0.39 is 0 Å². The summed E-state index contributed by atoms with van der Waals surface area (Å²) in [4.78, 5) is 4.43. The molecule has 3 nitrogen and oxygen atoms in total. The molecule has 0 bridgehead atoms. The Morgan fingerprint density at radius 1 is 1.21 bits per heavy atom. The molecule has 0 saturated heterocycles. The number of nitrogens with one attached hydrogen (secondary N) is 1. The summed E-state index contributed by atoms with van der Waals surface area (Å²) in [5.41, 5.74) is 0.947. The first-order valence-corrected chi connectivity index (χ1v) is 7.06. The summed E-state index contributed by atoms with van der Waals surface area (Å²) in [5.74, 6) is 0.884. The SMILES string of the molecule is CCCC(CNCC)Oc1cccc2cccnc12. The molecule has 1 unspecified atom stereocenters. The van der Waals surface area contributed by atoms with Crippen LogP contribution in [0.2, 0.25) is 0 Å². The maximum Gasteiger partial charge on any atom is 0.146 e. The highest BCUT2D eigenvalue weighted by atomic mass is 16.5. The summed E-state index contributed by atoms with van der Waals surface area (Å²) in [6, 6.07) is 10.1. The Labute approximate surface area is 115 Å². The largest absolute Gasteiger partial charge is 0.487 e. The lowest BCUT2D eigenvalue weighted by atomic mass is 10.2. The summed E-state index contributed by atoms with van der Waals surface area (Å²) >= 11 is 0. The number of hydrogen-bond acceptors (Lipinski definition) is 3.